The van der Waals surface area contributed by atoms with Gasteiger partial charge in [0.15, 0.2) is 0 Å². The molecule has 0 aromatic heterocycles. The Morgan fingerprint density at radius 1 is 1.06 bits per heavy atom. The first kappa shape index (κ1) is 10.1. The van der Waals surface area contributed by atoms with E-state index in [0.717, 1.165) is 29.6 Å². The maximum absolute atomic E-state index is 6.49. The van der Waals surface area contributed by atoms with Crippen molar-refractivity contribution in [2.75, 3.05) is 0 Å². The number of hydrogen-bond donors (Lipinski definition) is 1. The summed E-state index contributed by atoms with van der Waals surface area (Å²) in [6.45, 7) is 2.14. The van der Waals surface area contributed by atoms with Gasteiger partial charge in [0.05, 0.1) is 0 Å². The standard InChI is InChI=1S/C16H21N/c1-9-2-4-10(5-3-9)16(17)15-13-11-6-7-12(8-11)14(13)15/h2-5,11-16H,6-8,17H2,1H3. The van der Waals surface area contributed by atoms with E-state index in [2.05, 4.69) is 31.2 Å². The number of rotatable bonds is 2. The van der Waals surface area contributed by atoms with Gasteiger partial charge >= 0.3 is 0 Å². The van der Waals surface area contributed by atoms with Gasteiger partial charge in [-0.05, 0) is 61.3 Å². The van der Waals surface area contributed by atoms with E-state index in [1.165, 1.54) is 30.4 Å². The molecule has 3 fully saturated rings. The second kappa shape index (κ2) is 3.35. The Morgan fingerprint density at radius 3 is 2.24 bits per heavy atom. The number of hydrogen-bond acceptors (Lipinski definition) is 1. The molecule has 2 bridgehead atoms. The molecule has 0 aliphatic heterocycles. The smallest absolute Gasteiger partial charge is 0.0329 e. The fourth-order valence-electron chi connectivity index (χ4n) is 4.88. The minimum absolute atomic E-state index is 0.300. The fourth-order valence-corrected chi connectivity index (χ4v) is 4.88. The first-order valence-electron chi connectivity index (χ1n) is 7.08. The van der Waals surface area contributed by atoms with Gasteiger partial charge in [-0.2, -0.15) is 0 Å². The average Bonchev–Trinajstić information content (AvgIpc) is 2.77. The summed E-state index contributed by atoms with van der Waals surface area (Å²) in [6.07, 6.45) is 4.50. The van der Waals surface area contributed by atoms with Crippen LogP contribution in [0, 0.1) is 36.5 Å². The van der Waals surface area contributed by atoms with Crippen molar-refractivity contribution < 1.29 is 0 Å². The predicted molar refractivity (Wildman–Crippen MR) is 69.4 cm³/mol. The van der Waals surface area contributed by atoms with Crippen LogP contribution in [-0.4, -0.2) is 0 Å². The van der Waals surface area contributed by atoms with E-state index in [1.54, 1.807) is 0 Å². The molecule has 0 heterocycles. The van der Waals surface area contributed by atoms with Crippen LogP contribution in [0.4, 0.5) is 0 Å². The molecule has 0 saturated heterocycles. The van der Waals surface area contributed by atoms with Crippen molar-refractivity contribution >= 4 is 0 Å². The second-order valence-corrected chi connectivity index (χ2v) is 6.50. The van der Waals surface area contributed by atoms with Crippen LogP contribution in [0.5, 0.6) is 0 Å². The van der Waals surface area contributed by atoms with Crippen LogP contribution in [-0.2, 0) is 0 Å². The van der Waals surface area contributed by atoms with Crippen molar-refractivity contribution in [3.63, 3.8) is 0 Å². The molecule has 0 radical (unpaired) electrons. The zero-order chi connectivity index (χ0) is 11.6. The van der Waals surface area contributed by atoms with Gasteiger partial charge in [0, 0.05) is 6.04 Å². The molecule has 90 valence electrons. The largest absolute Gasteiger partial charge is 0.324 e. The van der Waals surface area contributed by atoms with Gasteiger partial charge in [0.1, 0.15) is 0 Å². The zero-order valence-corrected chi connectivity index (χ0v) is 10.5. The average molecular weight is 227 g/mol. The van der Waals surface area contributed by atoms with Crippen LogP contribution in [0.25, 0.3) is 0 Å². The van der Waals surface area contributed by atoms with Crippen LogP contribution in [0.15, 0.2) is 24.3 Å². The van der Waals surface area contributed by atoms with E-state index in [-0.39, 0.29) is 0 Å². The summed E-state index contributed by atoms with van der Waals surface area (Å²) in [5, 5.41) is 0. The summed E-state index contributed by atoms with van der Waals surface area (Å²) in [4.78, 5) is 0. The van der Waals surface area contributed by atoms with E-state index in [1.807, 2.05) is 0 Å². The van der Waals surface area contributed by atoms with E-state index < -0.39 is 0 Å². The van der Waals surface area contributed by atoms with Crippen LogP contribution in [0.3, 0.4) is 0 Å². The Labute approximate surface area is 103 Å². The maximum atomic E-state index is 6.49. The van der Waals surface area contributed by atoms with Gasteiger partial charge in [-0.3, -0.25) is 0 Å². The maximum Gasteiger partial charge on any atom is 0.0329 e. The molecule has 5 unspecified atom stereocenters. The van der Waals surface area contributed by atoms with Gasteiger partial charge in [-0.1, -0.05) is 29.8 Å². The third-order valence-corrected chi connectivity index (χ3v) is 5.67. The highest BCUT2D eigenvalue weighted by atomic mass is 14.8. The van der Waals surface area contributed by atoms with E-state index >= 15 is 0 Å². The van der Waals surface area contributed by atoms with Gasteiger partial charge in [0.2, 0.25) is 0 Å². The molecule has 3 aliphatic carbocycles. The third kappa shape index (κ3) is 1.35. The summed E-state index contributed by atoms with van der Waals surface area (Å²) in [6, 6.07) is 9.16. The highest BCUT2D eigenvalue weighted by molar-refractivity contribution is 5.28. The Bertz CT molecular complexity index is 419. The SMILES string of the molecule is Cc1ccc(C(N)C2C3C4CCC(C4)C32)cc1. The molecule has 4 rings (SSSR count). The highest BCUT2D eigenvalue weighted by Gasteiger charge is 2.66. The van der Waals surface area contributed by atoms with Crippen LogP contribution in [0.1, 0.15) is 36.4 Å². The lowest BCUT2D eigenvalue weighted by Gasteiger charge is -2.16. The molecule has 3 saturated carbocycles. The first-order chi connectivity index (χ1) is 8.25. The third-order valence-electron chi connectivity index (χ3n) is 5.67. The van der Waals surface area contributed by atoms with Gasteiger partial charge in [0.25, 0.3) is 0 Å². The normalized spacial score (nSPS) is 43.5. The number of aryl methyl sites for hydroxylation is 1. The Hall–Kier alpha value is -0.820. The Morgan fingerprint density at radius 2 is 1.65 bits per heavy atom. The fraction of sp³-hybridized carbons (Fsp3) is 0.625. The lowest BCUT2D eigenvalue weighted by atomic mass is 9.93. The van der Waals surface area contributed by atoms with E-state index in [9.17, 15) is 0 Å². The van der Waals surface area contributed by atoms with E-state index in [0.29, 0.717) is 6.04 Å². The topological polar surface area (TPSA) is 26.0 Å². The first-order valence-corrected chi connectivity index (χ1v) is 7.08. The summed E-state index contributed by atoms with van der Waals surface area (Å²) in [5.41, 5.74) is 9.18. The molecule has 1 nitrogen and oxygen atoms in total. The molecule has 1 aromatic rings. The van der Waals surface area contributed by atoms with Crippen LogP contribution in [0.2, 0.25) is 0 Å². The van der Waals surface area contributed by atoms with Crippen molar-refractivity contribution in [1.29, 1.82) is 0 Å². The van der Waals surface area contributed by atoms with Crippen molar-refractivity contribution in [1.82, 2.24) is 0 Å². The molecule has 0 spiro atoms. The lowest BCUT2D eigenvalue weighted by Crippen LogP contribution is -2.17. The van der Waals surface area contributed by atoms with Crippen LogP contribution < -0.4 is 5.73 Å². The van der Waals surface area contributed by atoms with Crippen molar-refractivity contribution in [2.24, 2.45) is 35.3 Å². The minimum Gasteiger partial charge on any atom is -0.324 e. The quantitative estimate of drug-likeness (QED) is 0.824. The Balaban J connectivity index is 1.55. The number of fused-ring (bicyclic) bond motifs is 5. The lowest BCUT2D eigenvalue weighted by molar-refractivity contribution is 0.417. The minimum atomic E-state index is 0.300. The Kier molecular flexibility index (Phi) is 2.00. The summed E-state index contributed by atoms with van der Waals surface area (Å²) in [5.74, 6) is 4.86. The zero-order valence-electron chi connectivity index (χ0n) is 10.5. The molecule has 1 aromatic carbocycles. The highest BCUT2D eigenvalue weighted by Crippen LogP contribution is 2.71. The summed E-state index contributed by atoms with van der Waals surface area (Å²) in [7, 11) is 0. The van der Waals surface area contributed by atoms with E-state index in [4.69, 9.17) is 5.73 Å². The summed E-state index contributed by atoms with van der Waals surface area (Å²) < 4.78 is 0. The molecular weight excluding hydrogens is 206 g/mol. The summed E-state index contributed by atoms with van der Waals surface area (Å²) >= 11 is 0. The van der Waals surface area contributed by atoms with Gasteiger partial charge in [-0.15, -0.1) is 0 Å². The molecule has 1 heteroatoms. The van der Waals surface area contributed by atoms with Gasteiger partial charge in [-0.25, -0.2) is 0 Å². The molecular formula is C16H21N. The molecule has 2 N–H and O–H groups in total. The molecule has 17 heavy (non-hydrogen) atoms. The molecule has 3 aliphatic rings. The van der Waals surface area contributed by atoms with Crippen molar-refractivity contribution in [3.8, 4) is 0 Å². The number of nitrogens with two attached hydrogens (primary N) is 1. The second-order valence-electron chi connectivity index (χ2n) is 6.50. The van der Waals surface area contributed by atoms with Crippen molar-refractivity contribution in [2.45, 2.75) is 32.2 Å². The predicted octanol–water partition coefficient (Wildman–Crippen LogP) is 3.29. The monoisotopic (exact) mass is 227 g/mol. The van der Waals surface area contributed by atoms with Crippen LogP contribution >= 0.6 is 0 Å². The molecule has 5 atom stereocenters. The van der Waals surface area contributed by atoms with Gasteiger partial charge < -0.3 is 5.73 Å². The van der Waals surface area contributed by atoms with Crippen molar-refractivity contribution in [3.05, 3.63) is 35.4 Å². The molecule has 0 amide bonds. The number of benzene rings is 1.